The minimum atomic E-state index is -0.341. The molecule has 0 aliphatic carbocycles. The predicted octanol–water partition coefficient (Wildman–Crippen LogP) is 5.80. The van der Waals surface area contributed by atoms with Crippen LogP contribution >= 0.6 is 0 Å². The summed E-state index contributed by atoms with van der Waals surface area (Å²) < 4.78 is 10.5. The van der Waals surface area contributed by atoms with Crippen LogP contribution in [0.1, 0.15) is 92.9 Å². The first kappa shape index (κ1) is 22.2. The molecule has 1 aromatic carbocycles. The van der Waals surface area contributed by atoms with Crippen molar-refractivity contribution < 1.29 is 19.1 Å². The fourth-order valence-electron chi connectivity index (χ4n) is 2.60. The Morgan fingerprint density at radius 3 is 1.65 bits per heavy atom. The number of carbonyl (C=O) groups excluding carboxylic acids is 2. The van der Waals surface area contributed by atoms with Crippen LogP contribution in [0.5, 0.6) is 0 Å². The second-order valence-corrected chi connectivity index (χ2v) is 7.15. The number of benzene rings is 1. The Labute approximate surface area is 158 Å². The fourth-order valence-corrected chi connectivity index (χ4v) is 2.60. The Balaban J connectivity index is 2.27. The molecular formula is C22H34O4. The lowest BCUT2D eigenvalue weighted by Crippen LogP contribution is -2.09. The molecule has 0 aromatic heterocycles. The van der Waals surface area contributed by atoms with E-state index in [2.05, 4.69) is 20.8 Å². The van der Waals surface area contributed by atoms with Crippen molar-refractivity contribution in [3.05, 3.63) is 35.4 Å². The lowest BCUT2D eigenvalue weighted by Gasteiger charge is -2.07. The van der Waals surface area contributed by atoms with Gasteiger partial charge >= 0.3 is 11.9 Å². The van der Waals surface area contributed by atoms with Crippen LogP contribution in [-0.4, -0.2) is 25.2 Å². The van der Waals surface area contributed by atoms with Gasteiger partial charge in [-0.05, 0) is 43.0 Å². The molecule has 0 atom stereocenters. The third-order valence-corrected chi connectivity index (χ3v) is 4.25. The third-order valence-electron chi connectivity index (χ3n) is 4.25. The molecule has 0 aliphatic rings. The second-order valence-electron chi connectivity index (χ2n) is 7.15. The van der Waals surface area contributed by atoms with E-state index in [0.717, 1.165) is 44.4 Å². The molecule has 4 nitrogen and oxygen atoms in total. The van der Waals surface area contributed by atoms with Gasteiger partial charge < -0.3 is 9.47 Å². The van der Waals surface area contributed by atoms with Crippen molar-refractivity contribution in [2.45, 2.75) is 72.1 Å². The van der Waals surface area contributed by atoms with Crippen LogP contribution in [0.25, 0.3) is 0 Å². The number of hydrogen-bond donors (Lipinski definition) is 0. The van der Waals surface area contributed by atoms with Crippen LogP contribution in [0.3, 0.4) is 0 Å². The van der Waals surface area contributed by atoms with E-state index in [4.69, 9.17) is 9.47 Å². The molecule has 0 fully saturated rings. The minimum absolute atomic E-state index is 0.339. The van der Waals surface area contributed by atoms with Gasteiger partial charge in [0.1, 0.15) is 0 Å². The van der Waals surface area contributed by atoms with Crippen molar-refractivity contribution in [3.63, 3.8) is 0 Å². The summed E-state index contributed by atoms with van der Waals surface area (Å²) >= 11 is 0. The van der Waals surface area contributed by atoms with E-state index in [-0.39, 0.29) is 11.9 Å². The molecule has 4 heteroatoms. The molecule has 0 saturated carbocycles. The number of unbranched alkanes of at least 4 members (excludes halogenated alkanes) is 5. The average Bonchev–Trinajstić information content (AvgIpc) is 2.64. The van der Waals surface area contributed by atoms with Crippen molar-refractivity contribution in [1.82, 2.24) is 0 Å². The smallest absolute Gasteiger partial charge is 0.338 e. The molecule has 0 radical (unpaired) electrons. The molecular weight excluding hydrogens is 328 g/mol. The minimum Gasteiger partial charge on any atom is -0.462 e. The zero-order valence-corrected chi connectivity index (χ0v) is 16.6. The molecule has 26 heavy (non-hydrogen) atoms. The lowest BCUT2D eigenvalue weighted by atomic mass is 10.1. The van der Waals surface area contributed by atoms with Gasteiger partial charge in [-0.1, -0.05) is 59.3 Å². The van der Waals surface area contributed by atoms with Gasteiger partial charge in [0.2, 0.25) is 0 Å². The number of carbonyl (C=O) groups is 2. The Hall–Kier alpha value is -1.84. The number of esters is 2. The highest BCUT2D eigenvalue weighted by Crippen LogP contribution is 2.10. The Kier molecular flexibility index (Phi) is 11.4. The summed E-state index contributed by atoms with van der Waals surface area (Å²) in [6, 6.07) is 6.48. The maximum Gasteiger partial charge on any atom is 0.338 e. The molecule has 0 N–H and O–H groups in total. The first-order valence-corrected chi connectivity index (χ1v) is 9.99. The molecule has 0 amide bonds. The molecule has 146 valence electrons. The molecule has 1 rings (SSSR count). The van der Waals surface area contributed by atoms with Gasteiger partial charge in [-0.15, -0.1) is 0 Å². The lowest BCUT2D eigenvalue weighted by molar-refractivity contribution is 0.0483. The van der Waals surface area contributed by atoms with Gasteiger partial charge in [0.15, 0.2) is 0 Å². The van der Waals surface area contributed by atoms with Crippen LogP contribution in [0.4, 0.5) is 0 Å². The van der Waals surface area contributed by atoms with Gasteiger partial charge in [0.05, 0.1) is 24.3 Å². The van der Waals surface area contributed by atoms with Gasteiger partial charge in [-0.3, -0.25) is 0 Å². The van der Waals surface area contributed by atoms with Crippen molar-refractivity contribution in [2.75, 3.05) is 13.2 Å². The van der Waals surface area contributed by atoms with Gasteiger partial charge in [-0.2, -0.15) is 0 Å². The van der Waals surface area contributed by atoms with Crippen molar-refractivity contribution in [1.29, 1.82) is 0 Å². The largest absolute Gasteiger partial charge is 0.462 e. The van der Waals surface area contributed by atoms with Crippen LogP contribution < -0.4 is 0 Å². The highest BCUT2D eigenvalue weighted by Gasteiger charge is 2.10. The standard InChI is InChI=1S/C22H34O4/c1-4-5-6-9-16-25-21(23)19-12-14-20(15-13-19)22(24)26-17-10-7-8-11-18(2)3/h12-15,18H,4-11,16-17H2,1-3H3. The predicted molar refractivity (Wildman–Crippen MR) is 104 cm³/mol. The molecule has 0 unspecified atom stereocenters. The summed E-state index contributed by atoms with van der Waals surface area (Å²) in [5.74, 6) is 0.0407. The van der Waals surface area contributed by atoms with E-state index in [1.54, 1.807) is 24.3 Å². The van der Waals surface area contributed by atoms with Crippen LogP contribution in [-0.2, 0) is 9.47 Å². The zero-order chi connectivity index (χ0) is 19.2. The van der Waals surface area contributed by atoms with Gasteiger partial charge in [0.25, 0.3) is 0 Å². The van der Waals surface area contributed by atoms with Crippen molar-refractivity contribution in [2.24, 2.45) is 5.92 Å². The Morgan fingerprint density at radius 2 is 1.23 bits per heavy atom. The van der Waals surface area contributed by atoms with Crippen molar-refractivity contribution >= 4 is 11.9 Å². The number of ether oxygens (including phenoxy) is 2. The first-order chi connectivity index (χ1) is 12.5. The Bertz CT molecular complexity index is 519. The molecule has 0 spiro atoms. The zero-order valence-electron chi connectivity index (χ0n) is 16.6. The number of hydrogen-bond acceptors (Lipinski definition) is 4. The maximum atomic E-state index is 12.0. The second kappa shape index (κ2) is 13.4. The van der Waals surface area contributed by atoms with E-state index in [9.17, 15) is 9.59 Å². The molecule has 1 aromatic rings. The summed E-state index contributed by atoms with van der Waals surface area (Å²) in [5.41, 5.74) is 0.928. The molecule has 0 saturated heterocycles. The quantitative estimate of drug-likeness (QED) is 0.329. The summed E-state index contributed by atoms with van der Waals surface area (Å²) in [7, 11) is 0. The van der Waals surface area contributed by atoms with Crippen LogP contribution in [0, 0.1) is 5.92 Å². The van der Waals surface area contributed by atoms with E-state index in [1.165, 1.54) is 12.8 Å². The topological polar surface area (TPSA) is 52.6 Å². The monoisotopic (exact) mass is 362 g/mol. The molecule has 0 bridgehead atoms. The van der Waals surface area contributed by atoms with E-state index >= 15 is 0 Å². The summed E-state index contributed by atoms with van der Waals surface area (Å²) in [6.07, 6.45) is 8.63. The number of rotatable bonds is 13. The van der Waals surface area contributed by atoms with Gasteiger partial charge in [0, 0.05) is 0 Å². The van der Waals surface area contributed by atoms with Gasteiger partial charge in [-0.25, -0.2) is 9.59 Å². The Morgan fingerprint density at radius 1 is 0.769 bits per heavy atom. The van der Waals surface area contributed by atoms with E-state index in [0.29, 0.717) is 24.3 Å². The van der Waals surface area contributed by atoms with Crippen molar-refractivity contribution in [3.8, 4) is 0 Å². The first-order valence-electron chi connectivity index (χ1n) is 9.99. The summed E-state index contributed by atoms with van der Waals surface area (Å²) in [4.78, 5) is 23.9. The summed E-state index contributed by atoms with van der Waals surface area (Å²) in [5, 5.41) is 0. The molecule has 0 heterocycles. The molecule has 0 aliphatic heterocycles. The highest BCUT2D eigenvalue weighted by atomic mass is 16.5. The van der Waals surface area contributed by atoms with Crippen LogP contribution in [0.15, 0.2) is 24.3 Å². The normalized spacial score (nSPS) is 10.8. The van der Waals surface area contributed by atoms with E-state index < -0.39 is 0 Å². The maximum absolute atomic E-state index is 12.0. The third kappa shape index (κ3) is 9.59. The summed E-state index contributed by atoms with van der Waals surface area (Å²) in [6.45, 7) is 7.46. The van der Waals surface area contributed by atoms with Crippen LogP contribution in [0.2, 0.25) is 0 Å². The SMILES string of the molecule is CCCCCCOC(=O)c1ccc(C(=O)OCCCCCC(C)C)cc1. The average molecular weight is 363 g/mol. The highest BCUT2D eigenvalue weighted by molar-refractivity contribution is 5.93. The fraction of sp³-hybridized carbons (Fsp3) is 0.636. The van der Waals surface area contributed by atoms with E-state index in [1.807, 2.05) is 0 Å².